The molecule has 2 unspecified atom stereocenters. The monoisotopic (exact) mass is 155 g/mol. The molecule has 2 rings (SSSR count). The lowest BCUT2D eigenvalue weighted by Crippen LogP contribution is -2.02. The van der Waals surface area contributed by atoms with Crippen molar-refractivity contribution < 1.29 is 0 Å². The zero-order valence-corrected chi connectivity index (χ0v) is 6.56. The number of nitrogens with one attached hydrogen (secondary N) is 1. The molecule has 1 N–H and O–H groups in total. The normalized spacial score (nSPS) is 30.1. The molecule has 2 atom stereocenters. The van der Waals surface area contributed by atoms with E-state index in [0.29, 0.717) is 6.04 Å². The van der Waals surface area contributed by atoms with Gasteiger partial charge in [0.25, 0.3) is 0 Å². The molecule has 1 aliphatic carbocycles. The maximum atomic E-state index is 4.03. The third kappa shape index (κ3) is 1.11. The van der Waals surface area contributed by atoms with Gasteiger partial charge in [0.15, 0.2) is 0 Å². The first kappa shape index (κ1) is 6.09. The highest BCUT2D eigenvalue weighted by molar-refractivity contribution is 7.09. The molecule has 3 nitrogen and oxygen atoms in total. The molecular formula is C6H9N3S. The molecule has 0 radical (unpaired) electrons. The topological polar surface area (TPSA) is 37.8 Å². The van der Waals surface area contributed by atoms with Gasteiger partial charge in [-0.1, -0.05) is 6.92 Å². The molecule has 0 aliphatic heterocycles. The highest BCUT2D eigenvalue weighted by Crippen LogP contribution is 2.32. The van der Waals surface area contributed by atoms with Gasteiger partial charge in [-0.3, -0.25) is 0 Å². The van der Waals surface area contributed by atoms with E-state index in [1.807, 2.05) is 0 Å². The van der Waals surface area contributed by atoms with Gasteiger partial charge < -0.3 is 5.32 Å². The lowest BCUT2D eigenvalue weighted by molar-refractivity contribution is 0.927. The minimum absolute atomic E-state index is 0.660. The summed E-state index contributed by atoms with van der Waals surface area (Å²) in [5.74, 6) is 0.823. The lowest BCUT2D eigenvalue weighted by atomic mass is 10.5. The van der Waals surface area contributed by atoms with Crippen molar-refractivity contribution in [2.24, 2.45) is 5.92 Å². The second-order valence-electron chi connectivity index (χ2n) is 2.71. The van der Waals surface area contributed by atoms with Gasteiger partial charge in [0.2, 0.25) is 5.13 Å². The molecule has 4 heteroatoms. The van der Waals surface area contributed by atoms with Crippen molar-refractivity contribution in [1.82, 2.24) is 9.36 Å². The Hall–Kier alpha value is -0.640. The summed E-state index contributed by atoms with van der Waals surface area (Å²) >= 11 is 1.42. The average molecular weight is 155 g/mol. The Morgan fingerprint density at radius 3 is 3.10 bits per heavy atom. The Morgan fingerprint density at radius 1 is 1.80 bits per heavy atom. The number of nitrogens with zero attached hydrogens (tertiary/aromatic N) is 2. The molecule has 0 saturated heterocycles. The van der Waals surface area contributed by atoms with Gasteiger partial charge >= 0.3 is 0 Å². The maximum Gasteiger partial charge on any atom is 0.202 e. The minimum Gasteiger partial charge on any atom is -0.357 e. The molecule has 0 aromatic carbocycles. The van der Waals surface area contributed by atoms with Crippen LogP contribution in [0.25, 0.3) is 0 Å². The van der Waals surface area contributed by atoms with E-state index < -0.39 is 0 Å². The van der Waals surface area contributed by atoms with Crippen molar-refractivity contribution in [3.8, 4) is 0 Å². The van der Waals surface area contributed by atoms with Crippen molar-refractivity contribution >= 4 is 16.7 Å². The van der Waals surface area contributed by atoms with E-state index in [4.69, 9.17) is 0 Å². The van der Waals surface area contributed by atoms with Crippen LogP contribution in [0.3, 0.4) is 0 Å². The molecule has 0 bridgehead atoms. The Morgan fingerprint density at radius 2 is 2.60 bits per heavy atom. The summed E-state index contributed by atoms with van der Waals surface area (Å²) in [6.45, 7) is 2.23. The first-order valence-corrected chi connectivity index (χ1v) is 4.17. The van der Waals surface area contributed by atoms with Gasteiger partial charge in [-0.05, 0) is 12.3 Å². The zero-order chi connectivity index (χ0) is 6.97. The largest absolute Gasteiger partial charge is 0.357 e. The highest BCUT2D eigenvalue weighted by atomic mass is 32.1. The molecule has 1 fully saturated rings. The molecular weight excluding hydrogens is 146 g/mol. The fourth-order valence-corrected chi connectivity index (χ4v) is 1.41. The first-order valence-electron chi connectivity index (χ1n) is 3.39. The van der Waals surface area contributed by atoms with Crippen LogP contribution in [0.2, 0.25) is 0 Å². The minimum atomic E-state index is 0.660. The van der Waals surface area contributed by atoms with Gasteiger partial charge in [-0.2, -0.15) is 4.37 Å². The van der Waals surface area contributed by atoms with Crippen molar-refractivity contribution in [3.63, 3.8) is 0 Å². The summed E-state index contributed by atoms with van der Waals surface area (Å²) in [5.41, 5.74) is 0. The SMILES string of the molecule is CC1CC1Nc1ncns1. The number of rotatable bonds is 2. The standard InChI is InChI=1S/C6H9N3S/c1-4-2-5(4)9-6-7-3-8-10-6/h3-5H,2H2,1H3,(H,7,8,9). The summed E-state index contributed by atoms with van der Waals surface area (Å²) in [5, 5.41) is 4.24. The molecule has 0 spiro atoms. The predicted octanol–water partition coefficient (Wildman–Crippen LogP) is 1.36. The predicted molar refractivity (Wildman–Crippen MR) is 41.1 cm³/mol. The van der Waals surface area contributed by atoms with Crippen LogP contribution in [0.4, 0.5) is 5.13 Å². The molecule has 1 aromatic heterocycles. The van der Waals surface area contributed by atoms with E-state index in [-0.39, 0.29) is 0 Å². The first-order chi connectivity index (χ1) is 4.86. The van der Waals surface area contributed by atoms with Crippen molar-refractivity contribution in [2.75, 3.05) is 5.32 Å². The molecule has 0 amide bonds. The fourth-order valence-electron chi connectivity index (χ4n) is 0.918. The van der Waals surface area contributed by atoms with Crippen LogP contribution in [0.15, 0.2) is 6.33 Å². The Labute approximate surface area is 63.7 Å². The Bertz CT molecular complexity index is 209. The van der Waals surface area contributed by atoms with E-state index in [9.17, 15) is 0 Å². The van der Waals surface area contributed by atoms with Crippen LogP contribution in [-0.4, -0.2) is 15.4 Å². The van der Waals surface area contributed by atoms with Crippen LogP contribution >= 0.6 is 11.5 Å². The third-order valence-corrected chi connectivity index (χ3v) is 2.38. The average Bonchev–Trinajstić information content (AvgIpc) is 2.48. The molecule has 1 aromatic rings. The molecule has 10 heavy (non-hydrogen) atoms. The lowest BCUT2D eigenvalue weighted by Gasteiger charge is -1.95. The quantitative estimate of drug-likeness (QED) is 0.700. The van der Waals surface area contributed by atoms with Gasteiger partial charge in [-0.25, -0.2) is 4.98 Å². The fraction of sp³-hybridized carbons (Fsp3) is 0.667. The second kappa shape index (κ2) is 2.20. The Balaban J connectivity index is 1.93. The number of hydrogen-bond acceptors (Lipinski definition) is 4. The van der Waals surface area contributed by atoms with Crippen LogP contribution < -0.4 is 5.32 Å². The van der Waals surface area contributed by atoms with E-state index in [2.05, 4.69) is 21.6 Å². The number of anilines is 1. The molecule has 1 saturated carbocycles. The smallest absolute Gasteiger partial charge is 0.202 e. The van der Waals surface area contributed by atoms with E-state index >= 15 is 0 Å². The van der Waals surface area contributed by atoms with Crippen molar-refractivity contribution in [3.05, 3.63) is 6.33 Å². The van der Waals surface area contributed by atoms with E-state index in [1.54, 1.807) is 6.33 Å². The Kier molecular flexibility index (Phi) is 1.34. The van der Waals surface area contributed by atoms with Gasteiger partial charge in [0, 0.05) is 17.6 Å². The van der Waals surface area contributed by atoms with Crippen molar-refractivity contribution in [1.29, 1.82) is 0 Å². The summed E-state index contributed by atoms with van der Waals surface area (Å²) in [4.78, 5) is 4.03. The van der Waals surface area contributed by atoms with Gasteiger partial charge in [-0.15, -0.1) is 0 Å². The number of hydrogen-bond donors (Lipinski definition) is 1. The molecule has 54 valence electrons. The summed E-state index contributed by atoms with van der Waals surface area (Å²) in [6, 6.07) is 0.660. The van der Waals surface area contributed by atoms with Crippen LogP contribution in [-0.2, 0) is 0 Å². The number of aromatic nitrogens is 2. The van der Waals surface area contributed by atoms with Crippen LogP contribution in [0.5, 0.6) is 0 Å². The van der Waals surface area contributed by atoms with Crippen molar-refractivity contribution in [2.45, 2.75) is 19.4 Å². The van der Waals surface area contributed by atoms with Crippen LogP contribution in [0, 0.1) is 5.92 Å². The highest BCUT2D eigenvalue weighted by Gasteiger charge is 2.32. The van der Waals surface area contributed by atoms with E-state index in [1.165, 1.54) is 18.0 Å². The van der Waals surface area contributed by atoms with E-state index in [0.717, 1.165) is 11.0 Å². The summed E-state index contributed by atoms with van der Waals surface area (Å²) < 4.78 is 3.90. The van der Waals surface area contributed by atoms with Gasteiger partial charge in [0.05, 0.1) is 0 Å². The maximum absolute atomic E-state index is 4.03. The van der Waals surface area contributed by atoms with Crippen LogP contribution in [0.1, 0.15) is 13.3 Å². The molecule has 1 heterocycles. The third-order valence-electron chi connectivity index (χ3n) is 1.78. The summed E-state index contributed by atoms with van der Waals surface area (Å²) in [6.07, 6.45) is 2.86. The second-order valence-corrected chi connectivity index (χ2v) is 3.49. The zero-order valence-electron chi connectivity index (χ0n) is 5.74. The van der Waals surface area contributed by atoms with Gasteiger partial charge in [0.1, 0.15) is 6.33 Å². The molecule has 1 aliphatic rings. The summed E-state index contributed by atoms with van der Waals surface area (Å²) in [7, 11) is 0.